The average molecular weight is 378 g/mol. The molecular weight excluding hydrogens is 354 g/mol. The van der Waals surface area contributed by atoms with Gasteiger partial charge in [-0.2, -0.15) is 0 Å². The maximum Gasteiger partial charge on any atom is 0.263 e. The first-order valence-corrected chi connectivity index (χ1v) is 8.55. The molecule has 0 bridgehead atoms. The van der Waals surface area contributed by atoms with E-state index >= 15 is 0 Å². The number of carbonyl (C=O) groups is 1. The number of amides is 1. The number of halogens is 1. The van der Waals surface area contributed by atoms with Crippen LogP contribution in [0, 0.1) is 19.8 Å². The van der Waals surface area contributed by atoms with Crippen molar-refractivity contribution in [3.63, 3.8) is 0 Å². The number of aromatic nitrogens is 3. The molecule has 1 unspecified atom stereocenters. The van der Waals surface area contributed by atoms with Gasteiger partial charge in [-0.1, -0.05) is 0 Å². The highest BCUT2D eigenvalue weighted by Crippen LogP contribution is 2.13. The summed E-state index contributed by atoms with van der Waals surface area (Å²) in [5, 5.41) is 6.06. The molecule has 0 spiro atoms. The highest BCUT2D eigenvalue weighted by Gasteiger charge is 2.19. The first-order chi connectivity index (χ1) is 12.0. The molecule has 26 heavy (non-hydrogen) atoms. The number of rotatable bonds is 4. The van der Waals surface area contributed by atoms with Gasteiger partial charge in [0.15, 0.2) is 0 Å². The summed E-state index contributed by atoms with van der Waals surface area (Å²) >= 11 is 0. The molecule has 0 radical (unpaired) electrons. The Morgan fingerprint density at radius 3 is 2.73 bits per heavy atom. The molecule has 1 aliphatic rings. The number of pyridine rings is 1. The number of hydrogen-bond donors (Lipinski definition) is 2. The molecule has 8 heteroatoms. The van der Waals surface area contributed by atoms with E-state index in [-0.39, 0.29) is 23.5 Å². The molecule has 1 fully saturated rings. The van der Waals surface area contributed by atoms with Crippen molar-refractivity contribution in [3.05, 3.63) is 52.0 Å². The van der Waals surface area contributed by atoms with Crippen LogP contribution in [0.4, 0.5) is 5.69 Å². The van der Waals surface area contributed by atoms with Crippen LogP contribution in [0.5, 0.6) is 0 Å². The lowest BCUT2D eigenvalue weighted by Crippen LogP contribution is -2.36. The van der Waals surface area contributed by atoms with E-state index in [0.717, 1.165) is 25.9 Å². The smallest absolute Gasteiger partial charge is 0.263 e. The number of anilines is 1. The number of piperidine rings is 1. The predicted molar refractivity (Wildman–Crippen MR) is 103 cm³/mol. The van der Waals surface area contributed by atoms with Crippen molar-refractivity contribution in [1.29, 1.82) is 0 Å². The van der Waals surface area contributed by atoms with Gasteiger partial charge in [-0.3, -0.25) is 9.59 Å². The Hall–Kier alpha value is -2.25. The largest absolute Gasteiger partial charge is 0.319 e. The van der Waals surface area contributed by atoms with Gasteiger partial charge < -0.3 is 15.2 Å². The van der Waals surface area contributed by atoms with E-state index in [4.69, 9.17) is 0 Å². The third-order valence-corrected chi connectivity index (χ3v) is 4.49. The van der Waals surface area contributed by atoms with Crippen LogP contribution >= 0.6 is 12.4 Å². The molecule has 0 aromatic carbocycles. The van der Waals surface area contributed by atoms with Gasteiger partial charge in [0.25, 0.3) is 11.5 Å². The van der Waals surface area contributed by atoms with Gasteiger partial charge >= 0.3 is 0 Å². The fraction of sp³-hybridized carbons (Fsp3) is 0.444. The lowest BCUT2D eigenvalue weighted by atomic mass is 9.99. The number of carbonyl (C=O) groups excluding carboxylic acids is 1. The highest BCUT2D eigenvalue weighted by molar-refractivity contribution is 6.04. The quantitative estimate of drug-likeness (QED) is 0.849. The molecule has 2 aromatic heterocycles. The van der Waals surface area contributed by atoms with Crippen molar-refractivity contribution in [2.75, 3.05) is 18.4 Å². The SMILES string of the molecule is Cc1ncc(NC(=O)c2c(C)ccn(CC3CCCNC3)c2=O)cn1.Cl. The van der Waals surface area contributed by atoms with E-state index in [1.54, 1.807) is 24.6 Å². The molecule has 3 rings (SSSR count). The molecule has 2 N–H and O–H groups in total. The summed E-state index contributed by atoms with van der Waals surface area (Å²) in [6.07, 6.45) is 7.05. The van der Waals surface area contributed by atoms with Crippen molar-refractivity contribution in [3.8, 4) is 0 Å². The van der Waals surface area contributed by atoms with Gasteiger partial charge in [-0.15, -0.1) is 12.4 Å². The summed E-state index contributed by atoms with van der Waals surface area (Å²) in [5.41, 5.74) is 1.05. The van der Waals surface area contributed by atoms with E-state index < -0.39 is 5.91 Å². The topological polar surface area (TPSA) is 88.9 Å². The van der Waals surface area contributed by atoms with Crippen LogP contribution in [-0.4, -0.2) is 33.5 Å². The summed E-state index contributed by atoms with van der Waals surface area (Å²) in [4.78, 5) is 33.5. The van der Waals surface area contributed by atoms with Gasteiger partial charge in [-0.25, -0.2) is 9.97 Å². The van der Waals surface area contributed by atoms with Crippen LogP contribution in [0.15, 0.2) is 29.5 Å². The highest BCUT2D eigenvalue weighted by atomic mass is 35.5. The zero-order chi connectivity index (χ0) is 17.8. The van der Waals surface area contributed by atoms with Crippen LogP contribution in [0.2, 0.25) is 0 Å². The second-order valence-corrected chi connectivity index (χ2v) is 6.52. The zero-order valence-electron chi connectivity index (χ0n) is 15.0. The normalized spacial score (nSPS) is 16.6. The molecule has 2 aromatic rings. The molecule has 1 atom stereocenters. The van der Waals surface area contributed by atoms with Gasteiger partial charge in [0.1, 0.15) is 11.4 Å². The Bertz CT molecular complexity index is 813. The van der Waals surface area contributed by atoms with Crippen LogP contribution in [0.3, 0.4) is 0 Å². The Balaban J connectivity index is 0.00000243. The molecule has 3 heterocycles. The minimum absolute atomic E-state index is 0. The van der Waals surface area contributed by atoms with Crippen LogP contribution in [0.1, 0.15) is 34.6 Å². The second-order valence-electron chi connectivity index (χ2n) is 6.52. The fourth-order valence-electron chi connectivity index (χ4n) is 3.09. The molecule has 140 valence electrons. The minimum Gasteiger partial charge on any atom is -0.319 e. The monoisotopic (exact) mass is 377 g/mol. The van der Waals surface area contributed by atoms with E-state index in [0.29, 0.717) is 29.5 Å². The van der Waals surface area contributed by atoms with Gasteiger partial charge in [0.2, 0.25) is 0 Å². The molecule has 0 aliphatic carbocycles. The molecule has 7 nitrogen and oxygen atoms in total. The van der Waals surface area contributed by atoms with Crippen LogP contribution in [0.25, 0.3) is 0 Å². The first-order valence-electron chi connectivity index (χ1n) is 8.55. The van der Waals surface area contributed by atoms with Crippen LogP contribution < -0.4 is 16.2 Å². The minimum atomic E-state index is -0.425. The van der Waals surface area contributed by atoms with Crippen molar-refractivity contribution in [1.82, 2.24) is 19.9 Å². The van der Waals surface area contributed by atoms with Crippen molar-refractivity contribution in [2.45, 2.75) is 33.2 Å². The third-order valence-electron chi connectivity index (χ3n) is 4.49. The van der Waals surface area contributed by atoms with E-state index in [2.05, 4.69) is 20.6 Å². The Morgan fingerprint density at radius 1 is 1.35 bits per heavy atom. The summed E-state index contributed by atoms with van der Waals surface area (Å²) in [6.45, 7) is 6.11. The summed E-state index contributed by atoms with van der Waals surface area (Å²) in [7, 11) is 0. The van der Waals surface area contributed by atoms with Crippen LogP contribution in [-0.2, 0) is 6.54 Å². The van der Waals surface area contributed by atoms with Crippen molar-refractivity contribution in [2.24, 2.45) is 5.92 Å². The predicted octanol–water partition coefficient (Wildman–Crippen LogP) is 1.93. The van der Waals surface area contributed by atoms with Crippen molar-refractivity contribution < 1.29 is 4.79 Å². The summed E-state index contributed by atoms with van der Waals surface area (Å²) < 4.78 is 1.64. The molecule has 1 amide bonds. The van der Waals surface area contributed by atoms with E-state index in [1.807, 2.05) is 6.07 Å². The fourth-order valence-corrected chi connectivity index (χ4v) is 3.09. The van der Waals surface area contributed by atoms with E-state index in [9.17, 15) is 9.59 Å². The summed E-state index contributed by atoms with van der Waals surface area (Å²) in [6, 6.07) is 1.82. The van der Waals surface area contributed by atoms with Crippen molar-refractivity contribution >= 4 is 24.0 Å². The number of aryl methyl sites for hydroxylation is 2. The Kier molecular flexibility index (Phi) is 6.88. The number of nitrogens with one attached hydrogen (secondary N) is 2. The zero-order valence-corrected chi connectivity index (χ0v) is 15.8. The second kappa shape index (κ2) is 8.91. The molecule has 1 saturated heterocycles. The first kappa shape index (κ1) is 20.1. The van der Waals surface area contributed by atoms with Gasteiger partial charge in [0.05, 0.1) is 18.1 Å². The maximum atomic E-state index is 12.8. The number of nitrogens with zero attached hydrogens (tertiary/aromatic N) is 3. The molecule has 0 saturated carbocycles. The van der Waals surface area contributed by atoms with Gasteiger partial charge in [0, 0.05) is 12.7 Å². The lowest BCUT2D eigenvalue weighted by molar-refractivity contribution is 0.102. The summed E-state index contributed by atoms with van der Waals surface area (Å²) in [5.74, 6) is 0.610. The standard InChI is InChI=1S/C18H23N5O2.ClH/c1-12-5-7-23(11-14-4-3-6-19-8-14)18(25)16(12)17(24)22-15-9-20-13(2)21-10-15;/h5,7,9-10,14,19H,3-4,6,8,11H2,1-2H3,(H,22,24);1H. The van der Waals surface area contributed by atoms with Gasteiger partial charge in [-0.05, 0) is 57.3 Å². The molecule has 1 aliphatic heterocycles. The number of hydrogen-bond acceptors (Lipinski definition) is 5. The average Bonchev–Trinajstić information content (AvgIpc) is 2.60. The molecular formula is C18H24ClN5O2. The Morgan fingerprint density at radius 2 is 2.08 bits per heavy atom. The maximum absolute atomic E-state index is 12.8. The third kappa shape index (κ3) is 4.68. The lowest BCUT2D eigenvalue weighted by Gasteiger charge is -2.23. The Labute approximate surface area is 158 Å². The van der Waals surface area contributed by atoms with E-state index in [1.165, 1.54) is 12.4 Å².